The average Bonchev–Trinajstić information content (AvgIpc) is 4.08. The summed E-state index contributed by atoms with van der Waals surface area (Å²) in [4.78, 5) is 0. The smallest absolute Gasteiger partial charge is 0.0253 e. The molecule has 0 fully saturated rings. The van der Waals surface area contributed by atoms with E-state index in [0.29, 0.717) is 0 Å². The zero-order valence-electron chi connectivity index (χ0n) is 35.6. The molecule has 0 bridgehead atoms. The first-order chi connectivity index (χ1) is 28.1. The molecular formula is C56H52Cl2Zr2-2. The normalized spacial score (nSPS) is 11.9. The molecule has 0 spiro atoms. The number of aryl methyl sites for hydroxylation is 4. The summed E-state index contributed by atoms with van der Waals surface area (Å²) in [6, 6.07) is 50.0. The van der Waals surface area contributed by atoms with Crippen molar-refractivity contribution in [2.75, 3.05) is 0 Å². The van der Waals surface area contributed by atoms with E-state index in [9.17, 15) is 0 Å². The van der Waals surface area contributed by atoms with Crippen molar-refractivity contribution in [2.24, 2.45) is 0 Å². The van der Waals surface area contributed by atoms with Crippen molar-refractivity contribution in [3.63, 3.8) is 0 Å². The second-order valence-electron chi connectivity index (χ2n) is 14.7. The van der Waals surface area contributed by atoms with Gasteiger partial charge in [0.15, 0.2) is 0 Å². The molecule has 0 heterocycles. The van der Waals surface area contributed by atoms with Gasteiger partial charge >= 0.3 is 141 Å². The maximum atomic E-state index is 3.45. The summed E-state index contributed by atoms with van der Waals surface area (Å²) >= 11 is 3.01. The third kappa shape index (κ3) is 16.0. The molecule has 4 heteroatoms. The van der Waals surface area contributed by atoms with Crippen molar-refractivity contribution in [3.05, 3.63) is 238 Å². The Morgan fingerprint density at radius 3 is 1.12 bits per heavy atom. The van der Waals surface area contributed by atoms with Crippen LogP contribution in [0.1, 0.15) is 82.3 Å². The topological polar surface area (TPSA) is 0 Å². The van der Waals surface area contributed by atoms with Crippen LogP contribution in [0.4, 0.5) is 0 Å². The molecule has 0 nitrogen and oxygen atoms in total. The van der Waals surface area contributed by atoms with Crippen molar-refractivity contribution in [1.29, 1.82) is 0 Å². The first kappa shape index (κ1) is 50.7. The van der Waals surface area contributed by atoms with E-state index in [-0.39, 0.29) is 24.8 Å². The summed E-state index contributed by atoms with van der Waals surface area (Å²) in [5, 5.41) is 0. The second-order valence-corrected chi connectivity index (χ2v) is 18.4. The van der Waals surface area contributed by atoms with Crippen LogP contribution in [0.3, 0.4) is 0 Å². The molecule has 60 heavy (non-hydrogen) atoms. The molecule has 6 aromatic rings. The summed E-state index contributed by atoms with van der Waals surface area (Å²) in [7, 11) is 0. The Bertz CT molecular complexity index is 2140. The molecule has 0 N–H and O–H groups in total. The number of benzene rings is 6. The molecule has 4 aliphatic rings. The van der Waals surface area contributed by atoms with Gasteiger partial charge in [-0.05, 0) is 37.8 Å². The average molecular weight is 978 g/mol. The fourth-order valence-corrected chi connectivity index (χ4v) is 7.62. The molecule has 6 aromatic carbocycles. The minimum Gasteiger partial charge on any atom is -1.00 e. The molecule has 0 aliphatic heterocycles. The van der Waals surface area contributed by atoms with Crippen molar-refractivity contribution in [1.82, 2.24) is 0 Å². The van der Waals surface area contributed by atoms with Crippen LogP contribution in [-0.2, 0) is 61.3 Å². The van der Waals surface area contributed by atoms with Crippen molar-refractivity contribution in [3.8, 4) is 22.3 Å². The summed E-state index contributed by atoms with van der Waals surface area (Å²) in [6.07, 6.45) is 22.1. The number of fused-ring (bicyclic) bond motifs is 6. The zero-order valence-corrected chi connectivity index (χ0v) is 42.0. The maximum Gasteiger partial charge on any atom is -0.0253 e. The quantitative estimate of drug-likeness (QED) is 0.158. The molecule has 0 radical (unpaired) electrons. The number of rotatable bonds is 2. The Balaban J connectivity index is 0.000000200. The molecule has 0 amide bonds. The van der Waals surface area contributed by atoms with E-state index >= 15 is 0 Å². The number of allylic oxidation sites excluding steroid dienone is 8. The molecule has 0 aromatic heterocycles. The Hall–Kier alpha value is -3.63. The molecule has 4 aliphatic carbocycles. The van der Waals surface area contributed by atoms with Crippen LogP contribution in [0.5, 0.6) is 0 Å². The standard InChI is InChI=1S/2C15H13.2C8H8.2C5H5.2ClH.2Zr/c2*1-10-3-5-14-12(7-10)9-13-8-11(2)4-6-15(13)14;2*1-2-8-6-4-3-5-7-8;2*1-2-4-5-3-1;;;;/h2*3-7H,9H2,1-2H3;2*3-7H,1H3;2*1-3H,4H2;2*1H;;/q2*-1;;;2*-1;;;2*+2/p-2. The second kappa shape index (κ2) is 26.6. The van der Waals surface area contributed by atoms with Gasteiger partial charge in [-0.1, -0.05) is 72.5 Å². The summed E-state index contributed by atoms with van der Waals surface area (Å²) < 4.78 is 2.92. The van der Waals surface area contributed by atoms with Gasteiger partial charge in [0.05, 0.1) is 0 Å². The minimum absolute atomic E-state index is 0. The molecule has 10 rings (SSSR count). The molecule has 300 valence electrons. The van der Waals surface area contributed by atoms with Crippen molar-refractivity contribution < 1.29 is 73.3 Å². The van der Waals surface area contributed by atoms with Gasteiger partial charge in [-0.15, -0.1) is 35.1 Å². The molecule has 0 saturated carbocycles. The monoisotopic (exact) mass is 974 g/mol. The van der Waals surface area contributed by atoms with Crippen LogP contribution < -0.4 is 24.8 Å². The summed E-state index contributed by atoms with van der Waals surface area (Å²) in [5.74, 6) is 0. The van der Waals surface area contributed by atoms with Crippen LogP contribution in [-0.4, -0.2) is 6.41 Å². The van der Waals surface area contributed by atoms with Crippen LogP contribution in [0.2, 0.25) is 0 Å². The number of hydrogen-bond acceptors (Lipinski definition) is 0. The predicted octanol–water partition coefficient (Wildman–Crippen LogP) is 7.52. The third-order valence-electron chi connectivity index (χ3n) is 9.77. The van der Waals surface area contributed by atoms with Gasteiger partial charge in [0.1, 0.15) is 0 Å². The first-order valence-corrected chi connectivity index (χ1v) is 22.4. The molecular weight excluding hydrogens is 926 g/mol. The van der Waals surface area contributed by atoms with E-state index in [1.54, 1.807) is 0 Å². The van der Waals surface area contributed by atoms with E-state index < -0.39 is 0 Å². The zero-order chi connectivity index (χ0) is 41.3. The van der Waals surface area contributed by atoms with E-state index in [4.69, 9.17) is 0 Å². The predicted molar refractivity (Wildman–Crippen MR) is 242 cm³/mol. The minimum atomic E-state index is 0. The third-order valence-corrected chi connectivity index (χ3v) is 11.2. The van der Waals surface area contributed by atoms with Crippen LogP contribution in [0, 0.1) is 52.0 Å². The fourth-order valence-electron chi connectivity index (χ4n) is 6.80. The fraction of sp³-hybridized carbons (Fsp3) is 0.179. The Morgan fingerprint density at radius 1 is 0.467 bits per heavy atom. The van der Waals surface area contributed by atoms with E-state index in [2.05, 4.69) is 187 Å². The van der Waals surface area contributed by atoms with Crippen LogP contribution >= 0.6 is 0 Å². The first-order valence-electron chi connectivity index (χ1n) is 20.0. The Morgan fingerprint density at radius 2 is 0.833 bits per heavy atom. The molecule has 0 unspecified atom stereocenters. The largest absolute Gasteiger partial charge is 1.00 e. The van der Waals surface area contributed by atoms with Gasteiger partial charge in [-0.2, -0.15) is 59.7 Å². The van der Waals surface area contributed by atoms with Crippen LogP contribution in [0.15, 0.2) is 158 Å². The van der Waals surface area contributed by atoms with Gasteiger partial charge < -0.3 is 24.8 Å². The van der Waals surface area contributed by atoms with Crippen molar-refractivity contribution >= 4 is 6.41 Å². The van der Waals surface area contributed by atoms with Gasteiger partial charge in [0.2, 0.25) is 0 Å². The van der Waals surface area contributed by atoms with Crippen LogP contribution in [0.25, 0.3) is 22.3 Å². The Labute approximate surface area is 403 Å². The van der Waals surface area contributed by atoms with Gasteiger partial charge in [0, 0.05) is 0 Å². The van der Waals surface area contributed by atoms with Gasteiger partial charge in [-0.25, -0.2) is 24.3 Å². The summed E-state index contributed by atoms with van der Waals surface area (Å²) in [5.41, 5.74) is 19.1. The Kier molecular flexibility index (Phi) is 22.5. The summed E-state index contributed by atoms with van der Waals surface area (Å²) in [6.45, 7) is 12.8. The van der Waals surface area contributed by atoms with Gasteiger partial charge in [-0.3, -0.25) is 12.2 Å². The molecule has 0 atom stereocenters. The van der Waals surface area contributed by atoms with Crippen molar-refractivity contribution in [2.45, 2.75) is 67.2 Å². The number of hydrogen-bond donors (Lipinski definition) is 0. The van der Waals surface area contributed by atoms with E-state index in [0.717, 1.165) is 25.7 Å². The number of halogens is 2. The maximum absolute atomic E-state index is 3.45. The van der Waals surface area contributed by atoms with Gasteiger partial charge in [0.25, 0.3) is 0 Å². The SMILES string of the molecule is C[C](=[Zr+2])c1ccccc1.C[C](=[Zr+2])c1ccccc1.Cc1[c-]c2c(cc1)-c1ccc(C)cc1C2.Cc1[c-]c2c(cc1)-c1ccc(C)cc1C2.[C-]1=CC=CC1.[C-]1=CC=CC1.[Cl-].[Cl-]. The molecule has 0 saturated heterocycles. The van der Waals surface area contributed by atoms with E-state index in [1.165, 1.54) is 133 Å². The van der Waals surface area contributed by atoms with E-state index in [1.807, 2.05) is 36.4 Å².